The summed E-state index contributed by atoms with van der Waals surface area (Å²) in [6.07, 6.45) is 1.26. The lowest BCUT2D eigenvalue weighted by Crippen LogP contribution is -2.13. The molecule has 2 N–H and O–H groups in total. The molecule has 0 aliphatic heterocycles. The van der Waals surface area contributed by atoms with Crippen LogP contribution in [0.15, 0.2) is 47.5 Å². The van der Waals surface area contributed by atoms with Crippen molar-refractivity contribution in [1.82, 2.24) is 4.98 Å². The number of hydrogen-bond acceptors (Lipinski definition) is 4. The number of non-ortho nitro benzene ring substituents is 1. The van der Waals surface area contributed by atoms with E-state index in [2.05, 4.69) is 9.71 Å². The molecule has 0 atom stereocenters. The van der Waals surface area contributed by atoms with E-state index in [-0.39, 0.29) is 10.6 Å². The van der Waals surface area contributed by atoms with Gasteiger partial charge in [0, 0.05) is 28.2 Å². The van der Waals surface area contributed by atoms with Crippen molar-refractivity contribution in [2.75, 3.05) is 4.72 Å². The van der Waals surface area contributed by atoms with Crippen LogP contribution in [0.2, 0.25) is 5.02 Å². The molecule has 7 nitrogen and oxygen atoms in total. The zero-order valence-corrected chi connectivity index (χ0v) is 13.4. The Balaban J connectivity index is 2.00. The van der Waals surface area contributed by atoms with Crippen molar-refractivity contribution in [3.8, 4) is 0 Å². The molecule has 0 aliphatic carbocycles. The Morgan fingerprint density at radius 1 is 1.21 bits per heavy atom. The summed E-state index contributed by atoms with van der Waals surface area (Å²) >= 11 is 5.84. The monoisotopic (exact) mass is 369 g/mol. The highest BCUT2D eigenvalue weighted by Gasteiger charge is 2.21. The van der Waals surface area contributed by atoms with Crippen LogP contribution in [0.5, 0.6) is 0 Å². The van der Waals surface area contributed by atoms with Gasteiger partial charge in [0.25, 0.3) is 15.7 Å². The van der Waals surface area contributed by atoms with Gasteiger partial charge in [-0.1, -0.05) is 11.6 Å². The van der Waals surface area contributed by atoms with Gasteiger partial charge in [0.15, 0.2) is 5.82 Å². The van der Waals surface area contributed by atoms with E-state index in [0.717, 1.165) is 12.1 Å². The molecule has 124 valence electrons. The molecule has 10 heteroatoms. The third-order valence-electron chi connectivity index (χ3n) is 3.30. The number of fused-ring (bicyclic) bond motifs is 1. The van der Waals surface area contributed by atoms with Crippen molar-refractivity contribution in [2.45, 2.75) is 4.90 Å². The SMILES string of the molecule is O=[N+]([O-])c1ccc(NS(=O)(=O)c2c[nH]c3cc(Cl)ccc23)c(F)c1. The minimum Gasteiger partial charge on any atom is -0.360 e. The summed E-state index contributed by atoms with van der Waals surface area (Å²) in [6.45, 7) is 0. The largest absolute Gasteiger partial charge is 0.360 e. The average molecular weight is 370 g/mol. The maximum atomic E-state index is 13.9. The van der Waals surface area contributed by atoms with E-state index in [1.54, 1.807) is 6.07 Å². The Kier molecular flexibility index (Phi) is 3.90. The number of sulfonamides is 1. The first-order chi connectivity index (χ1) is 11.3. The first kappa shape index (κ1) is 16.2. The number of nitro benzene ring substituents is 1. The molecule has 0 spiro atoms. The predicted octanol–water partition coefficient (Wildman–Crippen LogP) is 3.67. The first-order valence-corrected chi connectivity index (χ1v) is 8.37. The highest BCUT2D eigenvalue weighted by atomic mass is 35.5. The van der Waals surface area contributed by atoms with Crippen LogP contribution in [0.1, 0.15) is 0 Å². The van der Waals surface area contributed by atoms with Gasteiger partial charge in [0.2, 0.25) is 0 Å². The zero-order chi connectivity index (χ0) is 17.5. The Hall–Kier alpha value is -2.65. The molecule has 0 unspecified atom stereocenters. The quantitative estimate of drug-likeness (QED) is 0.540. The highest BCUT2D eigenvalue weighted by molar-refractivity contribution is 7.93. The summed E-state index contributed by atoms with van der Waals surface area (Å²) < 4.78 is 40.9. The second-order valence-electron chi connectivity index (χ2n) is 4.87. The summed E-state index contributed by atoms with van der Waals surface area (Å²) in [5.41, 5.74) is -0.354. The van der Waals surface area contributed by atoms with E-state index >= 15 is 0 Å². The molecule has 3 rings (SSSR count). The Bertz CT molecular complexity index is 1070. The second kappa shape index (κ2) is 5.77. The Labute approximate surface area is 140 Å². The lowest BCUT2D eigenvalue weighted by atomic mass is 10.2. The van der Waals surface area contributed by atoms with Gasteiger partial charge >= 0.3 is 0 Å². The number of nitrogens with zero attached hydrogens (tertiary/aromatic N) is 1. The van der Waals surface area contributed by atoms with Crippen LogP contribution in [0.4, 0.5) is 15.8 Å². The van der Waals surface area contributed by atoms with Crippen molar-refractivity contribution in [2.24, 2.45) is 0 Å². The minimum absolute atomic E-state index is 0.0908. The molecular formula is C14H9ClFN3O4S. The maximum absolute atomic E-state index is 13.9. The molecule has 0 fully saturated rings. The molecule has 0 amide bonds. The average Bonchev–Trinajstić information content (AvgIpc) is 2.92. The summed E-state index contributed by atoms with van der Waals surface area (Å²) in [7, 11) is -4.10. The van der Waals surface area contributed by atoms with Gasteiger partial charge in [0.05, 0.1) is 16.7 Å². The fraction of sp³-hybridized carbons (Fsp3) is 0. The molecule has 0 radical (unpaired) electrons. The van der Waals surface area contributed by atoms with E-state index in [9.17, 15) is 22.9 Å². The van der Waals surface area contributed by atoms with Crippen molar-refractivity contribution < 1.29 is 17.7 Å². The number of H-pyrrole nitrogens is 1. The van der Waals surface area contributed by atoms with Gasteiger partial charge in [-0.25, -0.2) is 12.8 Å². The van der Waals surface area contributed by atoms with Crippen LogP contribution in [0.3, 0.4) is 0 Å². The number of halogens is 2. The third kappa shape index (κ3) is 2.91. The molecule has 24 heavy (non-hydrogen) atoms. The Morgan fingerprint density at radius 2 is 1.96 bits per heavy atom. The molecule has 1 aromatic heterocycles. The fourth-order valence-corrected chi connectivity index (χ4v) is 3.61. The molecule has 0 saturated carbocycles. The van der Waals surface area contributed by atoms with Gasteiger partial charge in [0.1, 0.15) is 4.90 Å². The number of rotatable bonds is 4. The van der Waals surface area contributed by atoms with Crippen molar-refractivity contribution in [3.63, 3.8) is 0 Å². The zero-order valence-electron chi connectivity index (χ0n) is 11.8. The lowest BCUT2D eigenvalue weighted by Gasteiger charge is -2.08. The summed E-state index contributed by atoms with van der Waals surface area (Å²) in [6, 6.07) is 7.26. The molecule has 0 saturated heterocycles. The van der Waals surface area contributed by atoms with E-state index < -0.39 is 26.5 Å². The number of aromatic amines is 1. The highest BCUT2D eigenvalue weighted by Crippen LogP contribution is 2.28. The number of nitro groups is 1. The Morgan fingerprint density at radius 3 is 2.62 bits per heavy atom. The molecule has 1 heterocycles. The van der Waals surface area contributed by atoms with E-state index in [1.165, 1.54) is 18.3 Å². The standard InChI is InChI=1S/C14H9ClFN3O4S/c15-8-1-3-10-13(5-8)17-7-14(10)24(22,23)18-12-4-2-9(19(20)21)6-11(12)16/h1-7,17-18H. The maximum Gasteiger partial charge on any atom is 0.272 e. The smallest absolute Gasteiger partial charge is 0.272 e. The van der Waals surface area contributed by atoms with Crippen LogP contribution in [-0.4, -0.2) is 18.3 Å². The van der Waals surface area contributed by atoms with E-state index in [1.807, 2.05) is 0 Å². The van der Waals surface area contributed by atoms with Crippen molar-refractivity contribution in [1.29, 1.82) is 0 Å². The van der Waals surface area contributed by atoms with Gasteiger partial charge in [-0.2, -0.15) is 0 Å². The third-order valence-corrected chi connectivity index (χ3v) is 4.94. The molecule has 3 aromatic rings. The summed E-state index contributed by atoms with van der Waals surface area (Å²) in [5.74, 6) is -1.05. The number of aromatic nitrogens is 1. The first-order valence-electron chi connectivity index (χ1n) is 6.51. The number of nitrogens with one attached hydrogen (secondary N) is 2. The number of anilines is 1. The second-order valence-corrected chi connectivity index (χ2v) is 6.96. The lowest BCUT2D eigenvalue weighted by molar-refractivity contribution is -0.385. The van der Waals surface area contributed by atoms with Crippen LogP contribution in [0, 0.1) is 15.9 Å². The molecular weight excluding hydrogens is 361 g/mol. The van der Waals surface area contributed by atoms with Crippen molar-refractivity contribution >= 4 is 43.9 Å². The summed E-state index contributed by atoms with van der Waals surface area (Å²) in [4.78, 5) is 12.5. The van der Waals surface area contributed by atoms with Crippen molar-refractivity contribution in [3.05, 3.63) is 63.5 Å². The fourth-order valence-electron chi connectivity index (χ4n) is 2.19. The van der Waals surface area contributed by atoms with E-state index in [4.69, 9.17) is 11.6 Å². The number of benzene rings is 2. The molecule has 2 aromatic carbocycles. The van der Waals surface area contributed by atoms with Crippen LogP contribution >= 0.6 is 11.6 Å². The minimum atomic E-state index is -4.10. The summed E-state index contributed by atoms with van der Waals surface area (Å²) in [5, 5.41) is 11.4. The number of hydrogen-bond donors (Lipinski definition) is 2. The van der Waals surface area contributed by atoms with Crippen LogP contribution in [0.25, 0.3) is 10.9 Å². The molecule has 0 bridgehead atoms. The topological polar surface area (TPSA) is 105 Å². The van der Waals surface area contributed by atoms with Gasteiger partial charge in [-0.05, 0) is 24.3 Å². The van der Waals surface area contributed by atoms with Gasteiger partial charge in [-0.15, -0.1) is 0 Å². The molecule has 0 aliphatic rings. The van der Waals surface area contributed by atoms with Crippen LogP contribution < -0.4 is 4.72 Å². The van der Waals surface area contributed by atoms with Gasteiger partial charge < -0.3 is 4.98 Å². The predicted molar refractivity (Wildman–Crippen MR) is 87.2 cm³/mol. The normalized spacial score (nSPS) is 11.6. The van der Waals surface area contributed by atoms with E-state index in [0.29, 0.717) is 22.0 Å². The van der Waals surface area contributed by atoms with Gasteiger partial charge in [-0.3, -0.25) is 14.8 Å². The van der Waals surface area contributed by atoms with Crippen LogP contribution in [-0.2, 0) is 10.0 Å².